The number of aryl methyl sites for hydroxylation is 2. The Morgan fingerprint density at radius 3 is 2.62 bits per heavy atom. The van der Waals surface area contributed by atoms with Crippen LogP contribution in [0.4, 0.5) is 11.4 Å². The number of hydrogen-bond acceptors (Lipinski definition) is 3. The van der Waals surface area contributed by atoms with Gasteiger partial charge >= 0.3 is 0 Å². The Balaban J connectivity index is 1.74. The highest BCUT2D eigenvalue weighted by Gasteiger charge is 2.30. The molecule has 2 aromatic rings. The van der Waals surface area contributed by atoms with Gasteiger partial charge < -0.3 is 4.90 Å². The molecule has 5 nitrogen and oxygen atoms in total. The van der Waals surface area contributed by atoms with E-state index in [4.69, 9.17) is 11.6 Å². The van der Waals surface area contributed by atoms with Gasteiger partial charge in [0.1, 0.15) is 0 Å². The van der Waals surface area contributed by atoms with Crippen LogP contribution >= 0.6 is 11.6 Å². The van der Waals surface area contributed by atoms with E-state index in [1.807, 2.05) is 17.0 Å². The molecule has 0 aliphatic carbocycles. The average Bonchev–Trinajstić information content (AvgIpc) is 2.60. The number of carbonyl (C=O) groups is 1. The van der Waals surface area contributed by atoms with Crippen molar-refractivity contribution < 1.29 is 13.2 Å². The number of sulfonamides is 1. The van der Waals surface area contributed by atoms with Gasteiger partial charge in [0.05, 0.1) is 10.6 Å². The Morgan fingerprint density at radius 2 is 1.85 bits per heavy atom. The van der Waals surface area contributed by atoms with Crippen LogP contribution in [0.15, 0.2) is 35.2 Å². The van der Waals surface area contributed by atoms with E-state index in [1.165, 1.54) is 0 Å². The first-order valence-corrected chi connectivity index (χ1v) is 10.5. The van der Waals surface area contributed by atoms with Crippen molar-refractivity contribution in [3.05, 3.63) is 52.0 Å². The Labute approximate surface area is 158 Å². The zero-order chi connectivity index (χ0) is 18.5. The number of rotatable bonds is 3. The zero-order valence-electron chi connectivity index (χ0n) is 14.4. The molecule has 0 bridgehead atoms. The normalized spacial score (nSPS) is 16.4. The van der Waals surface area contributed by atoms with E-state index in [-0.39, 0.29) is 10.8 Å². The minimum absolute atomic E-state index is 0.154. The lowest BCUT2D eigenvalue weighted by Gasteiger charge is -2.35. The molecule has 2 heterocycles. The van der Waals surface area contributed by atoms with Gasteiger partial charge in [-0.05, 0) is 67.1 Å². The Kier molecular flexibility index (Phi) is 4.20. The second-order valence-corrected chi connectivity index (χ2v) is 8.82. The number of nitrogens with one attached hydrogen (secondary N) is 1. The number of amides is 1. The van der Waals surface area contributed by atoms with E-state index in [0.717, 1.165) is 36.2 Å². The summed E-state index contributed by atoms with van der Waals surface area (Å²) in [6.07, 6.45) is 2.85. The van der Waals surface area contributed by atoms with Gasteiger partial charge in [-0.2, -0.15) is 0 Å². The number of halogens is 1. The van der Waals surface area contributed by atoms with E-state index < -0.39 is 10.0 Å². The van der Waals surface area contributed by atoms with Gasteiger partial charge in [0.2, 0.25) is 5.91 Å². The predicted octanol–water partition coefficient (Wildman–Crippen LogP) is 3.67. The van der Waals surface area contributed by atoms with Crippen molar-refractivity contribution in [3.63, 3.8) is 0 Å². The first-order chi connectivity index (χ1) is 12.4. The van der Waals surface area contributed by atoms with Gasteiger partial charge in [0.25, 0.3) is 10.0 Å². The molecule has 2 aliphatic heterocycles. The summed E-state index contributed by atoms with van der Waals surface area (Å²) in [5.74, 6) is 0.154. The maximum absolute atomic E-state index is 12.8. The van der Waals surface area contributed by atoms with Crippen LogP contribution in [-0.4, -0.2) is 20.9 Å². The summed E-state index contributed by atoms with van der Waals surface area (Å²) in [4.78, 5) is 14.2. The van der Waals surface area contributed by atoms with Gasteiger partial charge in [0.15, 0.2) is 0 Å². The van der Waals surface area contributed by atoms with Crippen molar-refractivity contribution in [2.24, 2.45) is 0 Å². The second kappa shape index (κ2) is 6.28. The van der Waals surface area contributed by atoms with Gasteiger partial charge in [-0.1, -0.05) is 17.7 Å². The predicted molar refractivity (Wildman–Crippen MR) is 102 cm³/mol. The molecule has 2 aliphatic rings. The van der Waals surface area contributed by atoms with E-state index in [0.29, 0.717) is 29.1 Å². The Hall–Kier alpha value is -2.05. The van der Waals surface area contributed by atoms with Crippen molar-refractivity contribution in [1.82, 2.24) is 0 Å². The molecule has 1 N–H and O–H groups in total. The fourth-order valence-corrected chi connectivity index (χ4v) is 5.34. The standard InChI is InChI=1S/C19H19ClN2O3S/c1-12-16(20)5-2-6-17(12)26(24,25)21-15-10-13-4-3-9-22-18(23)8-7-14(11-15)19(13)22/h2,5-6,10-11,21H,3-4,7-9H2,1H3. The van der Waals surface area contributed by atoms with Crippen molar-refractivity contribution in [2.45, 2.75) is 37.5 Å². The molecule has 0 fully saturated rings. The van der Waals surface area contributed by atoms with Crippen molar-refractivity contribution in [3.8, 4) is 0 Å². The molecule has 26 heavy (non-hydrogen) atoms. The molecule has 136 valence electrons. The van der Waals surface area contributed by atoms with Crippen LogP contribution in [0.3, 0.4) is 0 Å². The fraction of sp³-hybridized carbons (Fsp3) is 0.316. The number of anilines is 2. The molecule has 0 atom stereocenters. The van der Waals surface area contributed by atoms with Crippen molar-refractivity contribution in [2.75, 3.05) is 16.2 Å². The zero-order valence-corrected chi connectivity index (χ0v) is 16.0. The molecule has 0 saturated carbocycles. The third-order valence-electron chi connectivity index (χ3n) is 5.03. The number of hydrogen-bond donors (Lipinski definition) is 1. The summed E-state index contributed by atoms with van der Waals surface area (Å²) in [7, 11) is -3.74. The van der Waals surface area contributed by atoms with Gasteiger partial charge in [-0.3, -0.25) is 9.52 Å². The third kappa shape index (κ3) is 2.87. The summed E-state index contributed by atoms with van der Waals surface area (Å²) < 4.78 is 28.4. The Bertz CT molecular complexity index is 1000. The molecule has 0 saturated heterocycles. The number of nitrogens with zero attached hydrogens (tertiary/aromatic N) is 1. The summed E-state index contributed by atoms with van der Waals surface area (Å²) in [6, 6.07) is 8.54. The topological polar surface area (TPSA) is 66.5 Å². The van der Waals surface area contributed by atoms with Crippen LogP contribution in [0.2, 0.25) is 5.02 Å². The summed E-state index contributed by atoms with van der Waals surface area (Å²) in [6.45, 7) is 2.43. The van der Waals surface area contributed by atoms with E-state index >= 15 is 0 Å². The highest BCUT2D eigenvalue weighted by Crippen LogP contribution is 2.38. The minimum atomic E-state index is -3.74. The molecule has 0 radical (unpaired) electrons. The second-order valence-electron chi connectivity index (χ2n) is 6.76. The number of benzene rings is 2. The summed E-state index contributed by atoms with van der Waals surface area (Å²) in [5, 5.41) is 0.419. The smallest absolute Gasteiger partial charge is 0.262 e. The SMILES string of the molecule is Cc1c(Cl)cccc1S(=O)(=O)Nc1cc2c3c(c1)CCC(=O)N3CCC2. The van der Waals surface area contributed by atoms with Crippen molar-refractivity contribution >= 4 is 38.9 Å². The molecule has 7 heteroatoms. The monoisotopic (exact) mass is 390 g/mol. The first-order valence-electron chi connectivity index (χ1n) is 8.61. The van der Waals surface area contributed by atoms with Gasteiger partial charge in [-0.15, -0.1) is 0 Å². The van der Waals surface area contributed by atoms with E-state index in [9.17, 15) is 13.2 Å². The van der Waals surface area contributed by atoms with Crippen LogP contribution < -0.4 is 9.62 Å². The maximum atomic E-state index is 12.8. The lowest BCUT2D eigenvalue weighted by molar-refractivity contribution is -0.119. The molecule has 0 unspecified atom stereocenters. The van der Waals surface area contributed by atoms with Gasteiger partial charge in [-0.25, -0.2) is 8.42 Å². The van der Waals surface area contributed by atoms with Crippen LogP contribution in [0, 0.1) is 6.92 Å². The molecule has 0 aromatic heterocycles. The minimum Gasteiger partial charge on any atom is -0.312 e. The molecular weight excluding hydrogens is 372 g/mol. The lowest BCUT2D eigenvalue weighted by Crippen LogP contribution is -2.39. The highest BCUT2D eigenvalue weighted by atomic mass is 35.5. The quantitative estimate of drug-likeness (QED) is 0.869. The molecular formula is C19H19ClN2O3S. The molecule has 0 spiro atoms. The molecule has 2 aromatic carbocycles. The van der Waals surface area contributed by atoms with Crippen molar-refractivity contribution in [1.29, 1.82) is 0 Å². The van der Waals surface area contributed by atoms with E-state index in [1.54, 1.807) is 25.1 Å². The highest BCUT2D eigenvalue weighted by molar-refractivity contribution is 7.92. The van der Waals surface area contributed by atoms with Crippen LogP contribution in [0.1, 0.15) is 29.5 Å². The van der Waals surface area contributed by atoms with Crippen LogP contribution in [0.25, 0.3) is 0 Å². The summed E-state index contributed by atoms with van der Waals surface area (Å²) in [5.41, 5.74) is 4.10. The average molecular weight is 391 g/mol. The molecule has 4 rings (SSSR count). The summed E-state index contributed by atoms with van der Waals surface area (Å²) >= 11 is 6.07. The fourth-order valence-electron chi connectivity index (χ4n) is 3.80. The van der Waals surface area contributed by atoms with Crippen LogP contribution in [0.5, 0.6) is 0 Å². The largest absolute Gasteiger partial charge is 0.312 e. The third-order valence-corrected chi connectivity index (χ3v) is 6.97. The van der Waals surface area contributed by atoms with Gasteiger partial charge in [0, 0.05) is 23.7 Å². The maximum Gasteiger partial charge on any atom is 0.262 e. The molecule has 1 amide bonds. The number of carbonyl (C=O) groups excluding carboxylic acids is 1. The van der Waals surface area contributed by atoms with E-state index in [2.05, 4.69) is 4.72 Å². The lowest BCUT2D eigenvalue weighted by atomic mass is 9.91. The first kappa shape index (κ1) is 17.4. The van der Waals surface area contributed by atoms with Crippen LogP contribution in [-0.2, 0) is 27.7 Å². The Morgan fingerprint density at radius 1 is 1.12 bits per heavy atom.